The van der Waals surface area contributed by atoms with Crippen LogP contribution in [-0.2, 0) is 11.2 Å². The summed E-state index contributed by atoms with van der Waals surface area (Å²) in [5, 5.41) is 9.41. The molecule has 70 valence electrons. The standard InChI is InChI=1S/C10H11ClO2/c1-2-8(12)5-7-3-4-10(13)9(11)6-7/h3-4,6,13H,2,5H2,1H3. The molecule has 0 fully saturated rings. The second kappa shape index (κ2) is 4.28. The van der Waals surface area contributed by atoms with Gasteiger partial charge < -0.3 is 5.11 Å². The maximum absolute atomic E-state index is 11.1. The third kappa shape index (κ3) is 2.74. The van der Waals surface area contributed by atoms with E-state index in [0.717, 1.165) is 5.56 Å². The SMILES string of the molecule is CCC(=O)Cc1ccc(O)c(Cl)c1. The van der Waals surface area contributed by atoms with E-state index < -0.39 is 0 Å². The molecule has 1 rings (SSSR count). The van der Waals surface area contributed by atoms with Crippen LogP contribution in [0.5, 0.6) is 5.75 Å². The van der Waals surface area contributed by atoms with Crippen molar-refractivity contribution >= 4 is 17.4 Å². The van der Waals surface area contributed by atoms with Gasteiger partial charge in [-0.1, -0.05) is 24.6 Å². The molecule has 0 atom stereocenters. The molecular formula is C10H11ClO2. The number of aromatic hydroxyl groups is 1. The zero-order valence-electron chi connectivity index (χ0n) is 7.38. The quantitative estimate of drug-likeness (QED) is 0.811. The second-order valence-electron chi connectivity index (χ2n) is 2.85. The number of carbonyl (C=O) groups is 1. The second-order valence-corrected chi connectivity index (χ2v) is 3.26. The van der Waals surface area contributed by atoms with Crippen molar-refractivity contribution in [2.24, 2.45) is 0 Å². The number of rotatable bonds is 3. The molecule has 3 heteroatoms. The van der Waals surface area contributed by atoms with Gasteiger partial charge in [-0.25, -0.2) is 0 Å². The lowest BCUT2D eigenvalue weighted by atomic mass is 10.1. The average Bonchev–Trinajstić information content (AvgIpc) is 2.11. The molecule has 0 bridgehead atoms. The maximum atomic E-state index is 11.1. The Balaban J connectivity index is 2.79. The van der Waals surface area contributed by atoms with Gasteiger partial charge in [0.2, 0.25) is 0 Å². The van der Waals surface area contributed by atoms with Crippen LogP contribution < -0.4 is 0 Å². The summed E-state index contributed by atoms with van der Waals surface area (Å²) in [5.74, 6) is 0.219. The van der Waals surface area contributed by atoms with Crippen molar-refractivity contribution in [1.82, 2.24) is 0 Å². The van der Waals surface area contributed by atoms with Crippen LogP contribution in [0.3, 0.4) is 0 Å². The van der Waals surface area contributed by atoms with E-state index in [1.54, 1.807) is 12.1 Å². The van der Waals surface area contributed by atoms with Crippen LogP contribution in [-0.4, -0.2) is 10.9 Å². The van der Waals surface area contributed by atoms with Gasteiger partial charge >= 0.3 is 0 Å². The highest BCUT2D eigenvalue weighted by Crippen LogP contribution is 2.23. The highest BCUT2D eigenvalue weighted by molar-refractivity contribution is 6.32. The molecule has 0 radical (unpaired) electrons. The van der Waals surface area contributed by atoms with Crippen LogP contribution in [0.2, 0.25) is 5.02 Å². The summed E-state index contributed by atoms with van der Waals surface area (Å²) in [6, 6.07) is 4.82. The molecule has 0 amide bonds. The number of hydrogen-bond acceptors (Lipinski definition) is 2. The first-order valence-corrected chi connectivity index (χ1v) is 4.50. The molecule has 0 heterocycles. The molecule has 0 aromatic heterocycles. The van der Waals surface area contributed by atoms with Gasteiger partial charge in [-0.2, -0.15) is 0 Å². The summed E-state index contributed by atoms with van der Waals surface area (Å²) in [6.45, 7) is 1.82. The highest BCUT2D eigenvalue weighted by Gasteiger charge is 2.03. The molecule has 0 saturated carbocycles. The van der Waals surface area contributed by atoms with Crippen LogP contribution in [0.1, 0.15) is 18.9 Å². The fraction of sp³-hybridized carbons (Fsp3) is 0.300. The van der Waals surface area contributed by atoms with E-state index in [4.69, 9.17) is 16.7 Å². The summed E-state index contributed by atoms with van der Waals surface area (Å²) < 4.78 is 0. The smallest absolute Gasteiger partial charge is 0.136 e. The van der Waals surface area contributed by atoms with Crippen molar-refractivity contribution in [2.75, 3.05) is 0 Å². The first-order chi connectivity index (χ1) is 6.13. The third-order valence-corrected chi connectivity index (χ3v) is 2.11. The summed E-state index contributed by atoms with van der Waals surface area (Å²) in [7, 11) is 0. The molecule has 0 aliphatic heterocycles. The van der Waals surface area contributed by atoms with Crippen molar-refractivity contribution < 1.29 is 9.90 Å². The molecule has 0 aliphatic carbocycles. The van der Waals surface area contributed by atoms with Crippen molar-refractivity contribution in [2.45, 2.75) is 19.8 Å². The zero-order chi connectivity index (χ0) is 9.84. The van der Waals surface area contributed by atoms with Gasteiger partial charge in [-0.05, 0) is 17.7 Å². The molecular weight excluding hydrogens is 188 g/mol. The normalized spacial score (nSPS) is 10.0. The molecule has 0 saturated heterocycles. The van der Waals surface area contributed by atoms with Gasteiger partial charge in [0.25, 0.3) is 0 Å². The summed E-state index contributed by atoms with van der Waals surface area (Å²) in [5.41, 5.74) is 0.842. The van der Waals surface area contributed by atoms with Crippen LogP contribution in [0, 0.1) is 0 Å². The molecule has 2 nitrogen and oxygen atoms in total. The average molecular weight is 199 g/mol. The van der Waals surface area contributed by atoms with E-state index in [1.165, 1.54) is 6.07 Å². The summed E-state index contributed by atoms with van der Waals surface area (Å²) in [4.78, 5) is 11.1. The minimum Gasteiger partial charge on any atom is -0.506 e. The number of benzene rings is 1. The van der Waals surface area contributed by atoms with Crippen LogP contribution in [0.15, 0.2) is 18.2 Å². The van der Waals surface area contributed by atoms with Gasteiger partial charge in [-0.3, -0.25) is 4.79 Å². The van der Waals surface area contributed by atoms with Crippen molar-refractivity contribution in [3.05, 3.63) is 28.8 Å². The van der Waals surface area contributed by atoms with E-state index in [9.17, 15) is 4.79 Å². The number of halogens is 1. The predicted octanol–water partition coefficient (Wildman–Crippen LogP) is 2.57. The number of Topliss-reactive ketones (excluding diaryl/α,β-unsaturated/α-hetero) is 1. The predicted molar refractivity (Wildman–Crippen MR) is 52.1 cm³/mol. The zero-order valence-corrected chi connectivity index (χ0v) is 8.14. The molecule has 1 N–H and O–H groups in total. The first-order valence-electron chi connectivity index (χ1n) is 4.12. The minimum atomic E-state index is 0.0503. The first kappa shape index (κ1) is 10.1. The Morgan fingerprint density at radius 2 is 2.23 bits per heavy atom. The van der Waals surface area contributed by atoms with Gasteiger partial charge in [0.1, 0.15) is 11.5 Å². The fourth-order valence-electron chi connectivity index (χ4n) is 1.01. The van der Waals surface area contributed by atoms with Gasteiger partial charge in [0.05, 0.1) is 5.02 Å². The Bertz CT molecular complexity index is 321. The Morgan fingerprint density at radius 3 is 2.77 bits per heavy atom. The van der Waals surface area contributed by atoms with E-state index >= 15 is 0 Å². The molecule has 1 aromatic carbocycles. The van der Waals surface area contributed by atoms with Crippen LogP contribution >= 0.6 is 11.6 Å². The Kier molecular flexibility index (Phi) is 3.32. The number of phenols is 1. The van der Waals surface area contributed by atoms with Crippen LogP contribution in [0.4, 0.5) is 0 Å². The van der Waals surface area contributed by atoms with Gasteiger partial charge in [0, 0.05) is 12.8 Å². The Hall–Kier alpha value is -1.02. The lowest BCUT2D eigenvalue weighted by Crippen LogP contribution is -1.99. The lowest BCUT2D eigenvalue weighted by molar-refractivity contribution is -0.118. The van der Waals surface area contributed by atoms with Gasteiger partial charge in [0.15, 0.2) is 0 Å². The monoisotopic (exact) mass is 198 g/mol. The fourth-order valence-corrected chi connectivity index (χ4v) is 1.22. The summed E-state index contributed by atoms with van der Waals surface area (Å²) >= 11 is 5.68. The topological polar surface area (TPSA) is 37.3 Å². The Labute approximate surface area is 82.2 Å². The van der Waals surface area contributed by atoms with Crippen molar-refractivity contribution in [1.29, 1.82) is 0 Å². The third-order valence-electron chi connectivity index (χ3n) is 1.81. The minimum absolute atomic E-state index is 0.0503. The maximum Gasteiger partial charge on any atom is 0.136 e. The lowest BCUT2D eigenvalue weighted by Gasteiger charge is -2.01. The molecule has 0 spiro atoms. The number of ketones is 1. The van der Waals surface area contributed by atoms with E-state index in [2.05, 4.69) is 0 Å². The van der Waals surface area contributed by atoms with Crippen molar-refractivity contribution in [3.63, 3.8) is 0 Å². The molecule has 13 heavy (non-hydrogen) atoms. The van der Waals surface area contributed by atoms with E-state index in [1.807, 2.05) is 6.92 Å². The Morgan fingerprint density at radius 1 is 1.54 bits per heavy atom. The van der Waals surface area contributed by atoms with E-state index in [0.29, 0.717) is 17.9 Å². The molecule has 0 unspecified atom stereocenters. The van der Waals surface area contributed by atoms with E-state index in [-0.39, 0.29) is 11.5 Å². The number of carbonyl (C=O) groups excluding carboxylic acids is 1. The highest BCUT2D eigenvalue weighted by atomic mass is 35.5. The van der Waals surface area contributed by atoms with Crippen LogP contribution in [0.25, 0.3) is 0 Å². The van der Waals surface area contributed by atoms with Gasteiger partial charge in [-0.15, -0.1) is 0 Å². The van der Waals surface area contributed by atoms with Crippen molar-refractivity contribution in [3.8, 4) is 5.75 Å². The number of phenolic OH excluding ortho intramolecular Hbond substituents is 1. The molecule has 1 aromatic rings. The largest absolute Gasteiger partial charge is 0.506 e. The molecule has 0 aliphatic rings. The number of hydrogen-bond donors (Lipinski definition) is 1. The summed E-state index contributed by atoms with van der Waals surface area (Å²) in [6.07, 6.45) is 0.912.